The summed E-state index contributed by atoms with van der Waals surface area (Å²) in [6, 6.07) is 0. The summed E-state index contributed by atoms with van der Waals surface area (Å²) in [5.74, 6) is 2.06. The minimum atomic E-state index is -0.310. The van der Waals surface area contributed by atoms with Crippen LogP contribution in [0.2, 0.25) is 0 Å². The molecule has 0 aromatic rings. The average molecular weight is 180 g/mol. The zero-order valence-electron chi connectivity index (χ0n) is 8.08. The Morgan fingerprint density at radius 1 is 1.38 bits per heavy atom. The van der Waals surface area contributed by atoms with Gasteiger partial charge in [-0.2, -0.15) is 0 Å². The van der Waals surface area contributed by atoms with E-state index in [0.717, 1.165) is 6.42 Å². The van der Waals surface area contributed by atoms with Gasteiger partial charge in [-0.05, 0) is 31.1 Å². The molecule has 0 aromatic carbocycles. The molecular formula is C11H16O2. The van der Waals surface area contributed by atoms with Crippen LogP contribution in [0.3, 0.4) is 0 Å². The first-order valence-electron chi connectivity index (χ1n) is 5.39. The van der Waals surface area contributed by atoms with E-state index in [2.05, 4.69) is 0 Å². The molecule has 0 radical (unpaired) electrons. The zero-order valence-corrected chi connectivity index (χ0v) is 8.08. The number of hydrogen-bond acceptors (Lipinski definition) is 2. The Morgan fingerprint density at radius 3 is 2.85 bits per heavy atom. The van der Waals surface area contributed by atoms with Crippen molar-refractivity contribution in [1.82, 2.24) is 0 Å². The topological polar surface area (TPSA) is 26.3 Å². The molecule has 0 spiro atoms. The molecule has 0 unspecified atom stereocenters. The predicted molar refractivity (Wildman–Crippen MR) is 48.3 cm³/mol. The van der Waals surface area contributed by atoms with Gasteiger partial charge in [0.1, 0.15) is 5.60 Å². The molecule has 4 saturated carbocycles. The number of rotatable bonds is 1. The molecule has 0 aliphatic heterocycles. The molecule has 0 amide bonds. The summed E-state index contributed by atoms with van der Waals surface area (Å²) in [6.45, 7) is 0. The Kier molecular flexibility index (Phi) is 1.44. The van der Waals surface area contributed by atoms with Crippen LogP contribution in [0, 0.1) is 17.8 Å². The third-order valence-corrected chi connectivity index (χ3v) is 4.58. The van der Waals surface area contributed by atoms with E-state index in [1.54, 1.807) is 7.11 Å². The SMILES string of the molecule is CO[C@]12C[C@H](C1=O)[C@@H]1CCCC[C@@H]12. The van der Waals surface area contributed by atoms with E-state index in [9.17, 15) is 4.79 Å². The monoisotopic (exact) mass is 180 g/mol. The second kappa shape index (κ2) is 2.35. The highest BCUT2D eigenvalue weighted by Crippen LogP contribution is 2.62. The third-order valence-electron chi connectivity index (χ3n) is 4.58. The van der Waals surface area contributed by atoms with Gasteiger partial charge < -0.3 is 4.74 Å². The van der Waals surface area contributed by atoms with Crippen molar-refractivity contribution < 1.29 is 9.53 Å². The van der Waals surface area contributed by atoms with E-state index in [-0.39, 0.29) is 5.60 Å². The van der Waals surface area contributed by atoms with Crippen molar-refractivity contribution >= 4 is 5.78 Å². The molecule has 13 heavy (non-hydrogen) atoms. The van der Waals surface area contributed by atoms with Crippen molar-refractivity contribution in [2.24, 2.45) is 17.8 Å². The standard InChI is InChI=1S/C11H16O2/c1-13-11-6-8(10(11)12)7-4-2-3-5-9(7)11/h7-9H,2-6H2,1H3/t7-,8-,9-,11-/m0/s1. The fraction of sp³-hybridized carbons (Fsp3) is 0.909. The van der Waals surface area contributed by atoms with Crippen LogP contribution in [0.1, 0.15) is 32.1 Å². The van der Waals surface area contributed by atoms with Gasteiger partial charge in [-0.25, -0.2) is 0 Å². The number of methoxy groups -OCH3 is 1. The number of Topliss-reactive ketones (excluding diaryl/α,β-unsaturated/α-hetero) is 1. The Bertz CT molecular complexity index is 261. The van der Waals surface area contributed by atoms with Crippen molar-refractivity contribution in [3.8, 4) is 0 Å². The van der Waals surface area contributed by atoms with Crippen molar-refractivity contribution in [2.75, 3.05) is 7.11 Å². The molecule has 4 aliphatic carbocycles. The van der Waals surface area contributed by atoms with Crippen LogP contribution in [0.25, 0.3) is 0 Å². The molecule has 0 N–H and O–H groups in total. The molecule has 72 valence electrons. The van der Waals surface area contributed by atoms with E-state index in [4.69, 9.17) is 4.74 Å². The lowest BCUT2D eigenvalue weighted by atomic mass is 9.75. The summed E-state index contributed by atoms with van der Waals surface area (Å²) in [5.41, 5.74) is -0.310. The smallest absolute Gasteiger partial charge is 0.168 e. The molecule has 2 bridgehead atoms. The molecule has 0 heterocycles. The Labute approximate surface area is 78.6 Å². The van der Waals surface area contributed by atoms with Gasteiger partial charge in [-0.15, -0.1) is 0 Å². The molecule has 0 saturated heterocycles. The minimum Gasteiger partial charge on any atom is -0.370 e. The second-order valence-corrected chi connectivity index (χ2v) is 4.82. The number of ketones is 1. The highest BCUT2D eigenvalue weighted by molar-refractivity contribution is 5.98. The lowest BCUT2D eigenvalue weighted by Gasteiger charge is -2.38. The molecular weight excluding hydrogens is 164 g/mol. The van der Waals surface area contributed by atoms with Crippen LogP contribution in [-0.2, 0) is 9.53 Å². The summed E-state index contributed by atoms with van der Waals surface area (Å²) in [6.07, 6.45) is 6.14. The zero-order chi connectivity index (χ0) is 9.05. The normalized spacial score (nSPS) is 53.0. The molecule has 2 heteroatoms. The van der Waals surface area contributed by atoms with Crippen LogP contribution >= 0.6 is 0 Å². The number of ether oxygens (including phenoxy) is 1. The van der Waals surface area contributed by atoms with E-state index < -0.39 is 0 Å². The predicted octanol–water partition coefficient (Wildman–Crippen LogP) is 1.78. The quantitative estimate of drug-likeness (QED) is 0.615. The first-order valence-corrected chi connectivity index (χ1v) is 5.39. The summed E-state index contributed by atoms with van der Waals surface area (Å²) in [4.78, 5) is 11.8. The Balaban J connectivity index is 1.96. The molecule has 4 rings (SSSR count). The highest BCUT2D eigenvalue weighted by Gasteiger charge is 2.70. The van der Waals surface area contributed by atoms with Crippen molar-refractivity contribution in [3.05, 3.63) is 0 Å². The van der Waals surface area contributed by atoms with Gasteiger partial charge in [0.25, 0.3) is 0 Å². The number of hydrogen-bond donors (Lipinski definition) is 0. The van der Waals surface area contributed by atoms with Crippen LogP contribution in [0.5, 0.6) is 0 Å². The Hall–Kier alpha value is -0.370. The Morgan fingerprint density at radius 2 is 2.15 bits per heavy atom. The number of carbonyl (C=O) groups is 1. The summed E-state index contributed by atoms with van der Waals surface area (Å²) in [7, 11) is 1.71. The molecule has 2 nitrogen and oxygen atoms in total. The van der Waals surface area contributed by atoms with Crippen LogP contribution < -0.4 is 0 Å². The maximum atomic E-state index is 11.8. The van der Waals surface area contributed by atoms with Crippen LogP contribution in [0.15, 0.2) is 0 Å². The average Bonchev–Trinajstić information content (AvgIpc) is 2.63. The van der Waals surface area contributed by atoms with Gasteiger partial charge in [0, 0.05) is 13.0 Å². The fourth-order valence-electron chi connectivity index (χ4n) is 3.94. The van der Waals surface area contributed by atoms with Crippen molar-refractivity contribution in [2.45, 2.75) is 37.7 Å². The van der Waals surface area contributed by atoms with Gasteiger partial charge in [-0.1, -0.05) is 12.8 Å². The van der Waals surface area contributed by atoms with Gasteiger partial charge in [0.05, 0.1) is 0 Å². The van der Waals surface area contributed by atoms with Gasteiger partial charge in [0.2, 0.25) is 0 Å². The summed E-state index contributed by atoms with van der Waals surface area (Å²) < 4.78 is 5.50. The van der Waals surface area contributed by atoms with E-state index in [0.29, 0.717) is 23.5 Å². The van der Waals surface area contributed by atoms with E-state index in [1.165, 1.54) is 25.7 Å². The van der Waals surface area contributed by atoms with Gasteiger partial charge >= 0.3 is 0 Å². The minimum absolute atomic E-state index is 0.310. The molecule has 4 aliphatic rings. The largest absolute Gasteiger partial charge is 0.370 e. The maximum Gasteiger partial charge on any atom is 0.168 e. The van der Waals surface area contributed by atoms with Crippen LogP contribution in [0.4, 0.5) is 0 Å². The van der Waals surface area contributed by atoms with E-state index >= 15 is 0 Å². The van der Waals surface area contributed by atoms with Crippen molar-refractivity contribution in [3.63, 3.8) is 0 Å². The summed E-state index contributed by atoms with van der Waals surface area (Å²) in [5, 5.41) is 0. The number of carbonyl (C=O) groups excluding carboxylic acids is 1. The van der Waals surface area contributed by atoms with Crippen molar-refractivity contribution in [1.29, 1.82) is 0 Å². The van der Waals surface area contributed by atoms with E-state index in [1.807, 2.05) is 0 Å². The maximum absolute atomic E-state index is 11.8. The van der Waals surface area contributed by atoms with Gasteiger partial charge in [-0.3, -0.25) is 4.79 Å². The summed E-state index contributed by atoms with van der Waals surface area (Å²) >= 11 is 0. The van der Waals surface area contributed by atoms with Crippen LogP contribution in [-0.4, -0.2) is 18.5 Å². The first kappa shape index (κ1) is 7.98. The molecule has 4 fully saturated rings. The lowest BCUT2D eigenvalue weighted by molar-refractivity contribution is -0.159. The third kappa shape index (κ3) is 0.723. The second-order valence-electron chi connectivity index (χ2n) is 4.82. The highest BCUT2D eigenvalue weighted by atomic mass is 16.5. The molecule has 0 aromatic heterocycles. The van der Waals surface area contributed by atoms with Gasteiger partial charge in [0.15, 0.2) is 5.78 Å². The fourth-order valence-corrected chi connectivity index (χ4v) is 3.94. The molecule has 4 atom stereocenters. The lowest BCUT2D eigenvalue weighted by Crippen LogP contribution is -2.51. The first-order chi connectivity index (χ1) is 6.29.